The molecular weight excluding hydrogens is 596 g/mol. The Morgan fingerprint density at radius 3 is 1.33 bits per heavy atom. The average molecular weight is 619 g/mol. The van der Waals surface area contributed by atoms with E-state index in [0.717, 1.165) is 22.9 Å². The molecule has 4 aromatic rings. The molecule has 0 aliphatic heterocycles. The number of nitrogens with two attached hydrogens (primary N) is 1. The van der Waals surface area contributed by atoms with E-state index in [-0.39, 0.29) is 12.1 Å². The summed E-state index contributed by atoms with van der Waals surface area (Å²) in [5.74, 6) is -11.9. The van der Waals surface area contributed by atoms with Crippen molar-refractivity contribution in [2.75, 3.05) is 11.1 Å². The molecule has 0 fully saturated rings. The quantitative estimate of drug-likeness (QED) is 0.136. The monoisotopic (exact) mass is 618 g/mol. The van der Waals surface area contributed by atoms with Gasteiger partial charge in [0.05, 0.1) is 0 Å². The molecule has 0 aliphatic carbocycles. The van der Waals surface area contributed by atoms with Gasteiger partial charge < -0.3 is 11.1 Å². The van der Waals surface area contributed by atoms with Crippen LogP contribution in [0.2, 0.25) is 0 Å². The number of halogens is 9. The SMILES string of the molecule is CCc1ccc(Br)cc1.CCc1ccc(Nc2c(F)c(F)cc(F)c2F)cc1.Nc1c(F)c(F)cc(F)c1F. The van der Waals surface area contributed by atoms with Gasteiger partial charge in [-0.25, -0.2) is 35.1 Å². The van der Waals surface area contributed by atoms with Crippen molar-refractivity contribution in [2.24, 2.45) is 0 Å². The van der Waals surface area contributed by atoms with Gasteiger partial charge in [-0.2, -0.15) is 0 Å². The molecule has 11 heteroatoms. The lowest BCUT2D eigenvalue weighted by Crippen LogP contribution is -2.02. The molecular formula is C28H23BrF8N2. The molecule has 0 saturated heterocycles. The summed E-state index contributed by atoms with van der Waals surface area (Å²) in [4.78, 5) is 0. The Balaban J connectivity index is 0.000000226. The van der Waals surface area contributed by atoms with E-state index < -0.39 is 57.9 Å². The second kappa shape index (κ2) is 14.5. The van der Waals surface area contributed by atoms with E-state index >= 15 is 0 Å². The molecule has 0 radical (unpaired) electrons. The molecule has 2 nitrogen and oxygen atoms in total. The molecule has 0 unspecified atom stereocenters. The lowest BCUT2D eigenvalue weighted by molar-refractivity contribution is 0.459. The highest BCUT2D eigenvalue weighted by atomic mass is 79.9. The number of aryl methyl sites for hydroxylation is 2. The minimum Gasteiger partial charge on any atom is -0.394 e. The van der Waals surface area contributed by atoms with Gasteiger partial charge in [-0.1, -0.05) is 54.0 Å². The molecule has 0 bridgehead atoms. The van der Waals surface area contributed by atoms with E-state index in [0.29, 0.717) is 5.69 Å². The number of rotatable bonds is 4. The predicted octanol–water partition coefficient (Wildman–Crippen LogP) is 9.39. The van der Waals surface area contributed by atoms with E-state index in [2.05, 4.69) is 58.2 Å². The molecule has 0 spiro atoms. The smallest absolute Gasteiger partial charge is 0.185 e. The Kier molecular flexibility index (Phi) is 11.8. The van der Waals surface area contributed by atoms with Crippen LogP contribution in [0, 0.1) is 46.5 Å². The maximum atomic E-state index is 13.4. The summed E-state index contributed by atoms with van der Waals surface area (Å²) in [5, 5.41) is 2.34. The summed E-state index contributed by atoms with van der Waals surface area (Å²) in [6.45, 7) is 4.12. The Labute approximate surface area is 228 Å². The summed E-state index contributed by atoms with van der Waals surface area (Å²) >= 11 is 3.37. The summed E-state index contributed by atoms with van der Waals surface area (Å²) in [6.07, 6.45) is 1.94. The van der Waals surface area contributed by atoms with Crippen molar-refractivity contribution in [1.29, 1.82) is 0 Å². The molecule has 4 rings (SSSR count). The van der Waals surface area contributed by atoms with E-state index in [1.165, 1.54) is 5.56 Å². The average Bonchev–Trinajstić information content (AvgIpc) is 2.93. The number of hydrogen-bond acceptors (Lipinski definition) is 2. The number of benzene rings is 4. The van der Waals surface area contributed by atoms with Crippen LogP contribution < -0.4 is 11.1 Å². The van der Waals surface area contributed by atoms with Crippen molar-refractivity contribution >= 4 is 33.0 Å². The lowest BCUT2D eigenvalue weighted by Gasteiger charge is -2.10. The van der Waals surface area contributed by atoms with Crippen LogP contribution in [0.15, 0.2) is 65.1 Å². The third-order valence-corrected chi connectivity index (χ3v) is 5.74. The molecule has 4 aromatic carbocycles. The summed E-state index contributed by atoms with van der Waals surface area (Å²) < 4.78 is 103. The largest absolute Gasteiger partial charge is 0.394 e. The predicted molar refractivity (Wildman–Crippen MR) is 140 cm³/mol. The molecule has 0 amide bonds. The summed E-state index contributed by atoms with van der Waals surface area (Å²) in [7, 11) is 0. The van der Waals surface area contributed by atoms with Crippen molar-refractivity contribution in [2.45, 2.75) is 26.7 Å². The van der Waals surface area contributed by atoms with Crippen molar-refractivity contribution in [3.05, 3.63) is 123 Å². The van der Waals surface area contributed by atoms with Gasteiger partial charge in [0, 0.05) is 22.3 Å². The fourth-order valence-electron chi connectivity index (χ4n) is 2.96. The maximum absolute atomic E-state index is 13.4. The summed E-state index contributed by atoms with van der Waals surface area (Å²) in [6, 6.07) is 15.4. The van der Waals surface area contributed by atoms with Crippen LogP contribution >= 0.6 is 15.9 Å². The first-order valence-electron chi connectivity index (χ1n) is 11.4. The van der Waals surface area contributed by atoms with Gasteiger partial charge in [-0.05, 0) is 48.2 Å². The topological polar surface area (TPSA) is 38.0 Å². The second-order valence-electron chi connectivity index (χ2n) is 7.88. The van der Waals surface area contributed by atoms with Gasteiger partial charge in [-0.3, -0.25) is 0 Å². The molecule has 0 heterocycles. The fraction of sp³-hybridized carbons (Fsp3) is 0.143. The van der Waals surface area contributed by atoms with Crippen molar-refractivity contribution in [1.82, 2.24) is 0 Å². The van der Waals surface area contributed by atoms with Crippen molar-refractivity contribution < 1.29 is 35.1 Å². The maximum Gasteiger partial charge on any atom is 0.185 e. The second-order valence-corrected chi connectivity index (χ2v) is 8.80. The normalized spacial score (nSPS) is 10.2. The first-order valence-corrected chi connectivity index (χ1v) is 12.2. The minimum atomic E-state index is -1.57. The first-order chi connectivity index (χ1) is 18.4. The third-order valence-electron chi connectivity index (χ3n) is 5.21. The molecule has 39 heavy (non-hydrogen) atoms. The van der Waals surface area contributed by atoms with E-state index in [9.17, 15) is 35.1 Å². The van der Waals surface area contributed by atoms with Crippen LogP contribution in [0.3, 0.4) is 0 Å². The van der Waals surface area contributed by atoms with E-state index in [1.807, 2.05) is 6.92 Å². The van der Waals surface area contributed by atoms with Gasteiger partial charge in [0.25, 0.3) is 0 Å². The van der Waals surface area contributed by atoms with E-state index in [1.54, 1.807) is 24.3 Å². The zero-order valence-electron chi connectivity index (χ0n) is 20.7. The third kappa shape index (κ3) is 8.71. The molecule has 0 aromatic heterocycles. The van der Waals surface area contributed by atoms with Crippen LogP contribution in [-0.2, 0) is 12.8 Å². The number of hydrogen-bond donors (Lipinski definition) is 2. The standard InChI is InChI=1S/C14H11F4N.C8H9Br.C6H3F4N/c1-2-8-3-5-9(6-4-8)19-14-12(17)10(15)7-11(16)13(14)18;1-2-7-3-5-8(9)6-4-7;7-2-1-3(8)5(10)6(11)4(2)9/h3-7,19H,2H2,1H3;3-6H,2H2,1H3;1H,11H2. The van der Waals surface area contributed by atoms with Crippen LogP contribution in [0.4, 0.5) is 52.2 Å². The van der Waals surface area contributed by atoms with Crippen LogP contribution in [0.5, 0.6) is 0 Å². The number of nitrogens with one attached hydrogen (secondary N) is 1. The Bertz CT molecular complexity index is 1340. The first kappa shape index (κ1) is 31.6. The van der Waals surface area contributed by atoms with Crippen LogP contribution in [0.25, 0.3) is 0 Å². The molecule has 0 saturated carbocycles. The highest BCUT2D eigenvalue weighted by Gasteiger charge is 2.19. The molecule has 0 aliphatic rings. The van der Waals surface area contributed by atoms with Gasteiger partial charge in [0.1, 0.15) is 11.4 Å². The molecule has 0 atom stereocenters. The minimum absolute atomic E-state index is 0.0982. The fourth-order valence-corrected chi connectivity index (χ4v) is 3.23. The van der Waals surface area contributed by atoms with Crippen LogP contribution in [-0.4, -0.2) is 0 Å². The Morgan fingerprint density at radius 2 is 0.949 bits per heavy atom. The molecule has 208 valence electrons. The zero-order valence-corrected chi connectivity index (χ0v) is 22.3. The lowest BCUT2D eigenvalue weighted by atomic mass is 10.1. The number of anilines is 3. The number of nitrogen functional groups attached to an aromatic ring is 1. The van der Waals surface area contributed by atoms with Gasteiger partial charge in [-0.15, -0.1) is 0 Å². The van der Waals surface area contributed by atoms with Crippen LogP contribution in [0.1, 0.15) is 25.0 Å². The summed E-state index contributed by atoms with van der Waals surface area (Å²) in [5.41, 5.74) is 5.46. The molecule has 3 N–H and O–H groups in total. The highest BCUT2D eigenvalue weighted by Crippen LogP contribution is 2.27. The van der Waals surface area contributed by atoms with Gasteiger partial charge in [0.15, 0.2) is 46.5 Å². The van der Waals surface area contributed by atoms with Gasteiger partial charge >= 0.3 is 0 Å². The van der Waals surface area contributed by atoms with Crippen molar-refractivity contribution in [3.8, 4) is 0 Å². The van der Waals surface area contributed by atoms with E-state index in [4.69, 9.17) is 0 Å². The van der Waals surface area contributed by atoms with Crippen molar-refractivity contribution in [3.63, 3.8) is 0 Å². The highest BCUT2D eigenvalue weighted by molar-refractivity contribution is 9.10. The zero-order chi connectivity index (χ0) is 29.3. The Hall–Kier alpha value is -3.60. The van der Waals surface area contributed by atoms with Gasteiger partial charge in [0.2, 0.25) is 0 Å². The Morgan fingerprint density at radius 1 is 0.590 bits per heavy atom.